The van der Waals surface area contributed by atoms with E-state index in [1.807, 2.05) is 0 Å². The summed E-state index contributed by atoms with van der Waals surface area (Å²) in [5.74, 6) is -0.924. The molecule has 0 aromatic heterocycles. The lowest BCUT2D eigenvalue weighted by Crippen LogP contribution is -2.24. The summed E-state index contributed by atoms with van der Waals surface area (Å²) in [5.41, 5.74) is 0.378. The molecule has 0 aliphatic carbocycles. The zero-order valence-corrected chi connectivity index (χ0v) is 14.0. The summed E-state index contributed by atoms with van der Waals surface area (Å²) in [7, 11) is -2.46. The van der Waals surface area contributed by atoms with Gasteiger partial charge in [0.15, 0.2) is 0 Å². The average molecular weight is 352 g/mol. The number of hydrogen-bond acceptors (Lipinski definition) is 4. The van der Waals surface area contributed by atoms with Crippen molar-refractivity contribution in [1.82, 2.24) is 4.72 Å². The molecule has 0 atom stereocenters. The van der Waals surface area contributed by atoms with Crippen molar-refractivity contribution in [1.29, 1.82) is 0 Å². The summed E-state index contributed by atoms with van der Waals surface area (Å²) in [4.78, 5) is 12.1. The normalized spacial score (nSPS) is 11.1. The topological polar surface area (TPSA) is 84.5 Å². The molecule has 0 heterocycles. The SMILES string of the molecule is CCNS(=O)(=O)c1cc(C(=O)Nc2cccc(F)c2)ccc1OC. The van der Waals surface area contributed by atoms with E-state index in [1.165, 1.54) is 43.5 Å². The molecule has 0 bridgehead atoms. The molecular weight excluding hydrogens is 335 g/mol. The molecule has 2 aromatic carbocycles. The van der Waals surface area contributed by atoms with Gasteiger partial charge in [0.2, 0.25) is 10.0 Å². The Bertz CT molecular complexity index is 853. The minimum Gasteiger partial charge on any atom is -0.495 e. The average Bonchev–Trinajstić information content (AvgIpc) is 2.54. The number of hydrogen-bond donors (Lipinski definition) is 2. The van der Waals surface area contributed by atoms with E-state index >= 15 is 0 Å². The highest BCUT2D eigenvalue weighted by atomic mass is 32.2. The third kappa shape index (κ3) is 4.09. The quantitative estimate of drug-likeness (QED) is 0.836. The lowest BCUT2D eigenvalue weighted by molar-refractivity contribution is 0.102. The Morgan fingerprint density at radius 2 is 1.96 bits per heavy atom. The van der Waals surface area contributed by atoms with Gasteiger partial charge in [-0.25, -0.2) is 17.5 Å². The fourth-order valence-electron chi connectivity index (χ4n) is 2.07. The standard InChI is InChI=1S/C16H17FN2O4S/c1-3-18-24(21,22)15-9-11(7-8-14(15)23-2)16(20)19-13-6-4-5-12(17)10-13/h4-10,18H,3H2,1-2H3,(H,19,20). The van der Waals surface area contributed by atoms with Crippen molar-refractivity contribution < 1.29 is 22.3 Å². The molecule has 0 radical (unpaired) electrons. The zero-order chi connectivity index (χ0) is 17.7. The van der Waals surface area contributed by atoms with Gasteiger partial charge in [0.05, 0.1) is 7.11 Å². The Morgan fingerprint density at radius 1 is 1.21 bits per heavy atom. The minimum atomic E-state index is -3.80. The van der Waals surface area contributed by atoms with E-state index < -0.39 is 21.7 Å². The highest BCUT2D eigenvalue weighted by Crippen LogP contribution is 2.25. The Kier molecular flexibility index (Phi) is 5.53. The first kappa shape index (κ1) is 17.9. The summed E-state index contributed by atoms with van der Waals surface area (Å²) in [6, 6.07) is 9.44. The highest BCUT2D eigenvalue weighted by molar-refractivity contribution is 7.89. The van der Waals surface area contributed by atoms with Crippen LogP contribution in [0, 0.1) is 5.82 Å². The molecule has 2 rings (SSSR count). The van der Waals surface area contributed by atoms with Gasteiger partial charge in [-0.1, -0.05) is 13.0 Å². The van der Waals surface area contributed by atoms with Gasteiger partial charge in [0, 0.05) is 17.8 Å². The Morgan fingerprint density at radius 3 is 2.58 bits per heavy atom. The minimum absolute atomic E-state index is 0.108. The second kappa shape index (κ2) is 7.41. The molecule has 24 heavy (non-hydrogen) atoms. The zero-order valence-electron chi connectivity index (χ0n) is 13.2. The molecule has 8 heteroatoms. The van der Waals surface area contributed by atoms with Crippen LogP contribution in [0.1, 0.15) is 17.3 Å². The number of nitrogens with one attached hydrogen (secondary N) is 2. The van der Waals surface area contributed by atoms with Crippen molar-refractivity contribution in [2.45, 2.75) is 11.8 Å². The molecule has 0 saturated heterocycles. The van der Waals surface area contributed by atoms with Crippen LogP contribution < -0.4 is 14.8 Å². The van der Waals surface area contributed by atoms with E-state index in [1.54, 1.807) is 6.92 Å². The number of benzene rings is 2. The Hall–Kier alpha value is -2.45. The van der Waals surface area contributed by atoms with Crippen LogP contribution in [-0.4, -0.2) is 28.0 Å². The Balaban J connectivity index is 2.36. The van der Waals surface area contributed by atoms with Gasteiger partial charge in [-0.2, -0.15) is 0 Å². The lowest BCUT2D eigenvalue weighted by Gasteiger charge is -2.12. The van der Waals surface area contributed by atoms with Crippen LogP contribution in [0.2, 0.25) is 0 Å². The predicted molar refractivity (Wildman–Crippen MR) is 88.2 cm³/mol. The third-order valence-corrected chi connectivity index (χ3v) is 4.70. The highest BCUT2D eigenvalue weighted by Gasteiger charge is 2.21. The molecule has 1 amide bonds. The van der Waals surface area contributed by atoms with Gasteiger partial charge in [-0.15, -0.1) is 0 Å². The number of carbonyl (C=O) groups excluding carboxylic acids is 1. The number of anilines is 1. The molecule has 2 N–H and O–H groups in total. The van der Waals surface area contributed by atoms with Gasteiger partial charge in [-0.05, 0) is 36.4 Å². The van der Waals surface area contributed by atoms with E-state index in [9.17, 15) is 17.6 Å². The van der Waals surface area contributed by atoms with Crippen LogP contribution in [-0.2, 0) is 10.0 Å². The lowest BCUT2D eigenvalue weighted by atomic mass is 10.2. The number of ether oxygens (including phenoxy) is 1. The molecule has 0 fully saturated rings. The molecular formula is C16H17FN2O4S. The van der Waals surface area contributed by atoms with Crippen LogP contribution >= 0.6 is 0 Å². The van der Waals surface area contributed by atoms with E-state index in [0.717, 1.165) is 6.07 Å². The van der Waals surface area contributed by atoms with Gasteiger partial charge in [0.25, 0.3) is 5.91 Å². The molecule has 0 aliphatic rings. The molecule has 0 spiro atoms. The fraction of sp³-hybridized carbons (Fsp3) is 0.188. The largest absolute Gasteiger partial charge is 0.495 e. The number of carbonyl (C=O) groups is 1. The van der Waals surface area contributed by atoms with Crippen molar-refractivity contribution in [2.75, 3.05) is 19.0 Å². The van der Waals surface area contributed by atoms with E-state index in [4.69, 9.17) is 4.74 Å². The van der Waals surface area contributed by atoms with E-state index in [2.05, 4.69) is 10.0 Å². The molecule has 0 aliphatic heterocycles. The summed E-state index contributed by atoms with van der Waals surface area (Å²) < 4.78 is 45.0. The molecule has 6 nitrogen and oxygen atoms in total. The monoisotopic (exact) mass is 352 g/mol. The molecule has 0 unspecified atom stereocenters. The molecule has 0 saturated carbocycles. The maximum Gasteiger partial charge on any atom is 0.255 e. The van der Waals surface area contributed by atoms with Crippen LogP contribution in [0.3, 0.4) is 0 Å². The van der Waals surface area contributed by atoms with Crippen molar-refractivity contribution in [3.8, 4) is 5.75 Å². The second-order valence-corrected chi connectivity index (χ2v) is 6.57. The van der Waals surface area contributed by atoms with Crippen LogP contribution in [0.25, 0.3) is 0 Å². The van der Waals surface area contributed by atoms with E-state index in [-0.39, 0.29) is 28.4 Å². The predicted octanol–water partition coefficient (Wildman–Crippen LogP) is 2.38. The maximum atomic E-state index is 13.2. The van der Waals surface area contributed by atoms with Gasteiger partial charge in [0.1, 0.15) is 16.5 Å². The van der Waals surface area contributed by atoms with Crippen molar-refractivity contribution in [3.05, 3.63) is 53.8 Å². The van der Waals surface area contributed by atoms with Crippen LogP contribution in [0.15, 0.2) is 47.4 Å². The fourth-order valence-corrected chi connectivity index (χ4v) is 3.30. The van der Waals surface area contributed by atoms with E-state index in [0.29, 0.717) is 0 Å². The summed E-state index contributed by atoms with van der Waals surface area (Å²) in [6.07, 6.45) is 0. The third-order valence-electron chi connectivity index (χ3n) is 3.13. The van der Waals surface area contributed by atoms with Crippen molar-refractivity contribution in [3.63, 3.8) is 0 Å². The number of methoxy groups -OCH3 is 1. The van der Waals surface area contributed by atoms with Crippen LogP contribution in [0.5, 0.6) is 5.75 Å². The number of halogens is 1. The summed E-state index contributed by atoms with van der Waals surface area (Å²) >= 11 is 0. The summed E-state index contributed by atoms with van der Waals surface area (Å²) in [5, 5.41) is 2.51. The Labute approximate surface area is 139 Å². The van der Waals surface area contributed by atoms with Gasteiger partial charge in [-0.3, -0.25) is 4.79 Å². The maximum absolute atomic E-state index is 13.2. The van der Waals surface area contributed by atoms with Crippen LogP contribution in [0.4, 0.5) is 10.1 Å². The second-order valence-electron chi connectivity index (χ2n) is 4.83. The summed E-state index contributed by atoms with van der Waals surface area (Å²) in [6.45, 7) is 1.84. The smallest absolute Gasteiger partial charge is 0.255 e. The number of sulfonamides is 1. The first-order chi connectivity index (χ1) is 11.4. The number of amides is 1. The van der Waals surface area contributed by atoms with Crippen molar-refractivity contribution in [2.24, 2.45) is 0 Å². The van der Waals surface area contributed by atoms with Gasteiger partial charge < -0.3 is 10.1 Å². The first-order valence-corrected chi connectivity index (χ1v) is 8.60. The first-order valence-electron chi connectivity index (χ1n) is 7.12. The number of rotatable bonds is 6. The van der Waals surface area contributed by atoms with Crippen molar-refractivity contribution >= 4 is 21.6 Å². The van der Waals surface area contributed by atoms with Gasteiger partial charge >= 0.3 is 0 Å². The molecule has 2 aromatic rings. The molecule has 128 valence electrons.